The van der Waals surface area contributed by atoms with Crippen molar-refractivity contribution in [2.24, 2.45) is 0 Å². The van der Waals surface area contributed by atoms with Gasteiger partial charge in [-0.3, -0.25) is 4.98 Å². The van der Waals surface area contributed by atoms with Crippen molar-refractivity contribution in [1.29, 1.82) is 0 Å². The molecule has 4 aromatic rings. The van der Waals surface area contributed by atoms with Gasteiger partial charge in [-0.05, 0) is 85.2 Å². The zero-order valence-electron chi connectivity index (χ0n) is 29.3. The van der Waals surface area contributed by atoms with Gasteiger partial charge in [0.15, 0.2) is 17.8 Å². The summed E-state index contributed by atoms with van der Waals surface area (Å²) in [5, 5.41) is 1.38. The zero-order chi connectivity index (χ0) is 35.3. The highest BCUT2D eigenvalue weighted by molar-refractivity contribution is 6.13. The quantitative estimate of drug-likeness (QED) is 0.216. The first-order valence-corrected chi connectivity index (χ1v) is 16.1. The molecule has 3 aromatic heterocycles. The molecule has 2 aliphatic rings. The molecule has 0 N–H and O–H groups in total. The van der Waals surface area contributed by atoms with E-state index < -0.39 is 53.7 Å². The van der Waals surface area contributed by atoms with Gasteiger partial charge in [0.1, 0.15) is 53.8 Å². The molecular formula is C35H43N5O9. The molecule has 2 amide bonds. The minimum Gasteiger partial charge on any atom is -0.491 e. The molecule has 2 saturated heterocycles. The molecule has 14 heteroatoms. The molecule has 49 heavy (non-hydrogen) atoms. The van der Waals surface area contributed by atoms with Gasteiger partial charge in [0.25, 0.3) is 0 Å². The van der Waals surface area contributed by atoms with Gasteiger partial charge in [-0.2, -0.15) is 4.90 Å². The van der Waals surface area contributed by atoms with Crippen LogP contribution in [0.2, 0.25) is 0 Å². The molecule has 262 valence electrons. The Bertz CT molecular complexity index is 1830. The number of amides is 2. The monoisotopic (exact) mass is 677 g/mol. The van der Waals surface area contributed by atoms with Gasteiger partial charge in [-0.15, -0.1) is 0 Å². The Labute approximate surface area is 284 Å². The lowest BCUT2D eigenvalue weighted by Crippen LogP contribution is -2.44. The van der Waals surface area contributed by atoms with Gasteiger partial charge < -0.3 is 37.7 Å². The van der Waals surface area contributed by atoms with E-state index in [0.29, 0.717) is 23.4 Å². The van der Waals surface area contributed by atoms with Crippen LogP contribution in [0.25, 0.3) is 21.9 Å². The largest absolute Gasteiger partial charge is 0.491 e. The lowest BCUT2D eigenvalue weighted by molar-refractivity contribution is -0.198. The van der Waals surface area contributed by atoms with Gasteiger partial charge in [0.2, 0.25) is 0 Å². The maximum absolute atomic E-state index is 13.4. The van der Waals surface area contributed by atoms with Crippen LogP contribution >= 0.6 is 0 Å². The first kappa shape index (κ1) is 34.5. The number of ether oxygens (including phenoxy) is 7. The summed E-state index contributed by atoms with van der Waals surface area (Å²) in [4.78, 5) is 41.0. The van der Waals surface area contributed by atoms with Gasteiger partial charge in [0, 0.05) is 31.0 Å². The average molecular weight is 678 g/mol. The van der Waals surface area contributed by atoms with Crippen LogP contribution in [0.15, 0.2) is 49.1 Å². The number of pyridine rings is 1. The van der Waals surface area contributed by atoms with Crippen molar-refractivity contribution in [2.45, 2.75) is 104 Å². The summed E-state index contributed by atoms with van der Waals surface area (Å²) in [5.74, 6) is -0.241. The number of methoxy groups -OCH3 is 1. The van der Waals surface area contributed by atoms with Crippen molar-refractivity contribution in [3.05, 3.63) is 54.6 Å². The molecule has 0 aliphatic carbocycles. The summed E-state index contributed by atoms with van der Waals surface area (Å²) >= 11 is 0. The van der Waals surface area contributed by atoms with E-state index in [0.717, 1.165) is 21.4 Å². The van der Waals surface area contributed by atoms with E-state index in [1.54, 1.807) is 71.7 Å². The third-order valence-corrected chi connectivity index (χ3v) is 7.69. The van der Waals surface area contributed by atoms with Crippen LogP contribution in [0.4, 0.5) is 15.4 Å². The number of anilines is 1. The first-order chi connectivity index (χ1) is 23.0. The molecular weight excluding hydrogens is 634 g/mol. The van der Waals surface area contributed by atoms with E-state index in [2.05, 4.69) is 15.0 Å². The highest BCUT2D eigenvalue weighted by Crippen LogP contribution is 2.44. The summed E-state index contributed by atoms with van der Waals surface area (Å²) in [6.07, 6.45) is 0.750. The van der Waals surface area contributed by atoms with Crippen molar-refractivity contribution < 1.29 is 42.7 Å². The first-order valence-electron chi connectivity index (χ1n) is 16.1. The Hall–Kier alpha value is -4.37. The number of fused-ring (bicyclic) bond motifs is 3. The molecule has 0 bridgehead atoms. The molecule has 5 heterocycles. The Morgan fingerprint density at radius 2 is 1.63 bits per heavy atom. The zero-order valence-corrected chi connectivity index (χ0v) is 29.3. The van der Waals surface area contributed by atoms with Crippen LogP contribution in [0.5, 0.6) is 5.75 Å². The van der Waals surface area contributed by atoms with E-state index >= 15 is 0 Å². The molecule has 0 saturated carbocycles. The number of nitrogens with zero attached hydrogens (tertiary/aromatic N) is 5. The average Bonchev–Trinajstić information content (AvgIpc) is 3.65. The van der Waals surface area contributed by atoms with Crippen molar-refractivity contribution in [2.75, 3.05) is 18.6 Å². The SMILES string of the molecule is COCc1cnc2cc(OC[C@H]3O[C@@H](n4ccc5c(N(C(=O)OC(C)(C)C)C(=O)OC(C)(C)C)ncnc54)[C@@H]4OC(C)(C)O[C@@H]43)ccc2c1. The third kappa shape index (κ3) is 7.47. The number of rotatable bonds is 7. The normalized spacial score (nSPS) is 21.9. The maximum atomic E-state index is 13.4. The lowest BCUT2D eigenvalue weighted by Gasteiger charge is -2.28. The minimum absolute atomic E-state index is 0.00450. The Morgan fingerprint density at radius 3 is 2.31 bits per heavy atom. The number of benzene rings is 1. The summed E-state index contributed by atoms with van der Waals surface area (Å²) in [5.41, 5.74) is 0.404. The fourth-order valence-corrected chi connectivity index (χ4v) is 5.88. The van der Waals surface area contributed by atoms with Crippen LogP contribution in [-0.4, -0.2) is 80.7 Å². The van der Waals surface area contributed by atoms with Crippen LogP contribution in [0.3, 0.4) is 0 Å². The molecule has 2 aliphatic heterocycles. The predicted molar refractivity (Wildman–Crippen MR) is 178 cm³/mol. The number of carbonyl (C=O) groups is 2. The second-order valence-electron chi connectivity index (χ2n) is 14.5. The molecule has 0 unspecified atom stereocenters. The van der Waals surface area contributed by atoms with Crippen LogP contribution in [-0.2, 0) is 35.0 Å². The topological polar surface area (TPSA) is 146 Å². The van der Waals surface area contributed by atoms with E-state index in [9.17, 15) is 9.59 Å². The summed E-state index contributed by atoms with van der Waals surface area (Å²) < 4.78 is 43.6. The van der Waals surface area contributed by atoms with Crippen molar-refractivity contribution >= 4 is 39.9 Å². The Kier molecular flexibility index (Phi) is 9.03. The maximum Gasteiger partial charge on any atom is 0.425 e. The molecule has 1 aromatic carbocycles. The number of hydrogen-bond acceptors (Lipinski definition) is 12. The van der Waals surface area contributed by atoms with Crippen molar-refractivity contribution in [3.8, 4) is 5.75 Å². The van der Waals surface area contributed by atoms with Crippen molar-refractivity contribution in [1.82, 2.24) is 19.5 Å². The fourth-order valence-electron chi connectivity index (χ4n) is 5.88. The van der Waals surface area contributed by atoms with E-state index in [4.69, 9.17) is 33.2 Å². The summed E-state index contributed by atoms with van der Waals surface area (Å²) in [7, 11) is 1.65. The minimum atomic E-state index is -0.933. The predicted octanol–water partition coefficient (Wildman–Crippen LogP) is 6.30. The fraction of sp³-hybridized carbons (Fsp3) is 0.514. The number of imide groups is 1. The van der Waals surface area contributed by atoms with Gasteiger partial charge in [-0.1, -0.05) is 0 Å². The second-order valence-corrected chi connectivity index (χ2v) is 14.5. The highest BCUT2D eigenvalue weighted by Gasteiger charge is 2.56. The van der Waals surface area contributed by atoms with Crippen molar-refractivity contribution in [3.63, 3.8) is 0 Å². The van der Waals surface area contributed by atoms with Gasteiger partial charge in [-0.25, -0.2) is 19.6 Å². The van der Waals surface area contributed by atoms with Crippen LogP contribution in [0, 0.1) is 0 Å². The standard InChI is InChI=1S/C35H43N5O9/c1-33(2,3)48-31(41)40(32(42)49-34(4,5)6)29-23-12-13-39(28(23)37-19-38-29)30-27-26(46-35(7,8)47-27)25(45-30)18-44-22-11-10-21-14-20(17-43-9)16-36-24(21)15-22/h10-16,19,25-27,30H,17-18H2,1-9H3/t25-,26-,27-,30-/m1/s1. The molecule has 14 nitrogen and oxygen atoms in total. The molecule has 6 rings (SSSR count). The smallest absolute Gasteiger partial charge is 0.425 e. The van der Waals surface area contributed by atoms with Gasteiger partial charge >= 0.3 is 12.2 Å². The van der Waals surface area contributed by atoms with Gasteiger partial charge in [0.05, 0.1) is 17.5 Å². The molecule has 0 radical (unpaired) electrons. The van der Waals surface area contributed by atoms with E-state index in [-0.39, 0.29) is 12.4 Å². The molecule has 4 atom stereocenters. The number of carbonyl (C=O) groups excluding carboxylic acids is 2. The number of aromatic nitrogens is 4. The molecule has 2 fully saturated rings. The second kappa shape index (κ2) is 12.8. The highest BCUT2D eigenvalue weighted by atomic mass is 16.8. The van der Waals surface area contributed by atoms with E-state index in [1.807, 2.05) is 38.1 Å². The summed E-state index contributed by atoms with van der Waals surface area (Å²) in [6.45, 7) is 14.6. The summed E-state index contributed by atoms with van der Waals surface area (Å²) in [6, 6.07) is 9.46. The Balaban J connectivity index is 1.28. The van der Waals surface area contributed by atoms with Crippen LogP contribution in [0.1, 0.15) is 67.2 Å². The Morgan fingerprint density at radius 1 is 0.939 bits per heavy atom. The number of hydrogen-bond donors (Lipinski definition) is 0. The van der Waals surface area contributed by atoms with E-state index in [1.165, 1.54) is 6.33 Å². The molecule has 0 spiro atoms. The third-order valence-electron chi connectivity index (χ3n) is 7.69. The lowest BCUT2D eigenvalue weighted by atomic mass is 10.1. The van der Waals surface area contributed by atoms with Crippen LogP contribution < -0.4 is 9.64 Å².